The predicted octanol–water partition coefficient (Wildman–Crippen LogP) is 2.55. The van der Waals surface area contributed by atoms with Crippen molar-refractivity contribution in [2.24, 2.45) is 5.10 Å². The van der Waals surface area contributed by atoms with Crippen LogP contribution in [0.15, 0.2) is 53.6 Å². The molecule has 0 fully saturated rings. The van der Waals surface area contributed by atoms with E-state index >= 15 is 0 Å². The zero-order chi connectivity index (χ0) is 19.6. The van der Waals surface area contributed by atoms with Gasteiger partial charge in [-0.25, -0.2) is 9.82 Å². The Morgan fingerprint density at radius 3 is 2.37 bits per heavy atom. The van der Waals surface area contributed by atoms with Crippen molar-refractivity contribution in [3.05, 3.63) is 65.5 Å². The van der Waals surface area contributed by atoms with E-state index in [1.807, 2.05) is 24.3 Å². The second kappa shape index (κ2) is 10.1. The highest BCUT2D eigenvalue weighted by Gasteiger charge is 2.11. The van der Waals surface area contributed by atoms with Crippen LogP contribution >= 0.6 is 0 Å². The summed E-state index contributed by atoms with van der Waals surface area (Å²) in [5.41, 5.74) is 4.17. The van der Waals surface area contributed by atoms with Gasteiger partial charge in [-0.3, -0.25) is 9.59 Å². The van der Waals surface area contributed by atoms with Crippen molar-refractivity contribution in [2.75, 3.05) is 24.5 Å². The van der Waals surface area contributed by atoms with Gasteiger partial charge in [-0.15, -0.1) is 0 Å². The van der Waals surface area contributed by atoms with E-state index in [0.29, 0.717) is 0 Å². The molecule has 7 heteroatoms. The van der Waals surface area contributed by atoms with Gasteiger partial charge in [-0.05, 0) is 43.7 Å². The molecule has 2 aromatic carbocycles. The van der Waals surface area contributed by atoms with E-state index in [9.17, 15) is 14.0 Å². The molecular formula is C20H23FN4O2. The van der Waals surface area contributed by atoms with Crippen LogP contribution in [-0.4, -0.2) is 37.7 Å². The van der Waals surface area contributed by atoms with Gasteiger partial charge < -0.3 is 10.2 Å². The minimum absolute atomic E-state index is 0.109. The second-order valence-electron chi connectivity index (χ2n) is 5.72. The summed E-state index contributed by atoms with van der Waals surface area (Å²) in [5.74, 6) is -1.79. The Bertz CT molecular complexity index is 802. The van der Waals surface area contributed by atoms with Gasteiger partial charge in [0.1, 0.15) is 5.82 Å². The maximum Gasteiger partial charge on any atom is 0.259 e. The highest BCUT2D eigenvalue weighted by atomic mass is 19.1. The topological polar surface area (TPSA) is 73.8 Å². The average Bonchev–Trinajstić information content (AvgIpc) is 2.68. The number of hydrazone groups is 1. The number of rotatable bonds is 8. The number of hydrogen-bond acceptors (Lipinski definition) is 4. The summed E-state index contributed by atoms with van der Waals surface area (Å²) in [6.45, 7) is 5.75. The lowest BCUT2D eigenvalue weighted by molar-refractivity contribution is -0.120. The van der Waals surface area contributed by atoms with E-state index in [1.165, 1.54) is 24.4 Å². The molecule has 2 aromatic rings. The highest BCUT2D eigenvalue weighted by molar-refractivity contribution is 5.96. The Labute approximate surface area is 158 Å². The monoisotopic (exact) mass is 370 g/mol. The summed E-state index contributed by atoms with van der Waals surface area (Å²) >= 11 is 0. The number of hydrogen-bond donors (Lipinski definition) is 2. The maximum absolute atomic E-state index is 13.5. The Hall–Kier alpha value is -3.22. The average molecular weight is 370 g/mol. The number of carbonyl (C=O) groups is 2. The number of nitrogens with one attached hydrogen (secondary N) is 2. The molecule has 142 valence electrons. The molecule has 0 aliphatic rings. The fraction of sp³-hybridized carbons (Fsp3) is 0.250. The molecular weight excluding hydrogens is 347 g/mol. The Kier molecular flexibility index (Phi) is 7.49. The molecule has 0 heterocycles. The number of anilines is 1. The molecule has 6 nitrogen and oxygen atoms in total. The van der Waals surface area contributed by atoms with E-state index in [0.717, 1.165) is 24.3 Å². The first-order chi connectivity index (χ1) is 13.0. The van der Waals surface area contributed by atoms with Crippen LogP contribution < -0.4 is 15.6 Å². The molecule has 0 aliphatic carbocycles. The molecule has 0 saturated carbocycles. The van der Waals surface area contributed by atoms with Crippen LogP contribution in [0.3, 0.4) is 0 Å². The summed E-state index contributed by atoms with van der Waals surface area (Å²) in [6.07, 6.45) is 1.52. The third-order valence-corrected chi connectivity index (χ3v) is 3.95. The number of amides is 2. The van der Waals surface area contributed by atoms with Crippen LogP contribution in [0.2, 0.25) is 0 Å². The lowest BCUT2D eigenvalue weighted by Crippen LogP contribution is -2.35. The van der Waals surface area contributed by atoms with Crippen molar-refractivity contribution in [1.82, 2.24) is 10.7 Å². The SMILES string of the molecule is CCN(CC)c1ccc(C=NNC(=O)CNC(=O)c2ccccc2F)cc1. The van der Waals surface area contributed by atoms with Crippen LogP contribution in [0.5, 0.6) is 0 Å². The fourth-order valence-electron chi connectivity index (χ4n) is 2.48. The Morgan fingerprint density at radius 1 is 1.07 bits per heavy atom. The van der Waals surface area contributed by atoms with Gasteiger partial charge in [0.25, 0.3) is 11.8 Å². The molecule has 0 spiro atoms. The van der Waals surface area contributed by atoms with Crippen molar-refractivity contribution in [3.8, 4) is 0 Å². The minimum Gasteiger partial charge on any atom is -0.372 e. The molecule has 0 radical (unpaired) electrons. The van der Waals surface area contributed by atoms with E-state index < -0.39 is 17.6 Å². The third kappa shape index (κ3) is 5.91. The van der Waals surface area contributed by atoms with Gasteiger partial charge in [-0.1, -0.05) is 24.3 Å². The van der Waals surface area contributed by atoms with Crippen LogP contribution in [0.25, 0.3) is 0 Å². The summed E-state index contributed by atoms with van der Waals surface area (Å²) in [6, 6.07) is 13.4. The molecule has 0 aromatic heterocycles. The normalized spacial score (nSPS) is 10.6. The van der Waals surface area contributed by atoms with Crippen LogP contribution in [0.1, 0.15) is 29.8 Å². The van der Waals surface area contributed by atoms with Crippen molar-refractivity contribution in [2.45, 2.75) is 13.8 Å². The predicted molar refractivity (Wildman–Crippen MR) is 104 cm³/mol. The number of nitrogens with zero attached hydrogens (tertiary/aromatic N) is 2. The largest absolute Gasteiger partial charge is 0.372 e. The Morgan fingerprint density at radius 2 is 1.74 bits per heavy atom. The Balaban J connectivity index is 1.81. The summed E-state index contributed by atoms with van der Waals surface area (Å²) < 4.78 is 13.5. The molecule has 0 atom stereocenters. The molecule has 2 amide bonds. The van der Waals surface area contributed by atoms with Gasteiger partial charge in [0.15, 0.2) is 0 Å². The third-order valence-electron chi connectivity index (χ3n) is 3.95. The first-order valence-electron chi connectivity index (χ1n) is 8.74. The van der Waals surface area contributed by atoms with E-state index in [4.69, 9.17) is 0 Å². The van der Waals surface area contributed by atoms with Crippen LogP contribution in [-0.2, 0) is 4.79 Å². The van der Waals surface area contributed by atoms with Gasteiger partial charge in [0.05, 0.1) is 18.3 Å². The van der Waals surface area contributed by atoms with Crippen LogP contribution in [0, 0.1) is 5.82 Å². The van der Waals surface area contributed by atoms with Gasteiger partial charge in [0, 0.05) is 18.8 Å². The molecule has 27 heavy (non-hydrogen) atoms. The number of benzene rings is 2. The zero-order valence-electron chi connectivity index (χ0n) is 15.4. The molecule has 0 bridgehead atoms. The second-order valence-corrected chi connectivity index (χ2v) is 5.72. The van der Waals surface area contributed by atoms with Crippen molar-refractivity contribution < 1.29 is 14.0 Å². The van der Waals surface area contributed by atoms with Crippen LogP contribution in [0.4, 0.5) is 10.1 Å². The smallest absolute Gasteiger partial charge is 0.259 e. The lowest BCUT2D eigenvalue weighted by atomic mass is 10.2. The first-order valence-corrected chi connectivity index (χ1v) is 8.74. The molecule has 2 N–H and O–H groups in total. The summed E-state index contributed by atoms with van der Waals surface area (Å²) in [4.78, 5) is 25.8. The first kappa shape index (κ1) is 20.1. The van der Waals surface area contributed by atoms with Gasteiger partial charge in [0.2, 0.25) is 0 Å². The van der Waals surface area contributed by atoms with Crippen molar-refractivity contribution >= 4 is 23.7 Å². The van der Waals surface area contributed by atoms with Crippen molar-refractivity contribution in [3.63, 3.8) is 0 Å². The molecule has 0 saturated heterocycles. The highest BCUT2D eigenvalue weighted by Crippen LogP contribution is 2.13. The number of carbonyl (C=O) groups excluding carboxylic acids is 2. The summed E-state index contributed by atoms with van der Waals surface area (Å²) in [7, 11) is 0. The fourth-order valence-corrected chi connectivity index (χ4v) is 2.48. The van der Waals surface area contributed by atoms with E-state index in [2.05, 4.69) is 34.6 Å². The van der Waals surface area contributed by atoms with Gasteiger partial charge in [-0.2, -0.15) is 5.10 Å². The molecule has 0 aliphatic heterocycles. The quantitative estimate of drug-likeness (QED) is 0.554. The zero-order valence-corrected chi connectivity index (χ0v) is 15.4. The molecule has 2 rings (SSSR count). The minimum atomic E-state index is -0.653. The molecule has 0 unspecified atom stereocenters. The maximum atomic E-state index is 13.5. The summed E-state index contributed by atoms with van der Waals surface area (Å²) in [5, 5.41) is 6.21. The van der Waals surface area contributed by atoms with E-state index in [-0.39, 0.29) is 12.1 Å². The van der Waals surface area contributed by atoms with Crippen molar-refractivity contribution in [1.29, 1.82) is 0 Å². The lowest BCUT2D eigenvalue weighted by Gasteiger charge is -2.20. The van der Waals surface area contributed by atoms with Gasteiger partial charge >= 0.3 is 0 Å². The number of halogens is 1. The van der Waals surface area contributed by atoms with E-state index in [1.54, 1.807) is 6.07 Å². The standard InChI is InChI=1S/C20H23FN4O2/c1-3-25(4-2)16-11-9-15(10-12-16)13-23-24-19(26)14-22-20(27)17-7-5-6-8-18(17)21/h5-13H,3-4,14H2,1-2H3,(H,22,27)(H,24,26).